The molecule has 0 amide bonds. The lowest BCUT2D eigenvalue weighted by Gasteiger charge is -2.66. The Balaban J connectivity index is 1.57. The van der Waals surface area contributed by atoms with Crippen molar-refractivity contribution in [2.75, 3.05) is 0 Å². The molecule has 0 heterocycles. The number of aliphatic carboxylic acids is 1. The van der Waals surface area contributed by atoms with E-state index in [0.717, 1.165) is 38.5 Å². The molecule has 0 aromatic heterocycles. The number of ether oxygens (including phenoxy) is 1. The third-order valence-corrected chi connectivity index (χ3v) is 10.5. The zero-order valence-electron chi connectivity index (χ0n) is 19.5. The summed E-state index contributed by atoms with van der Waals surface area (Å²) in [6.45, 7) is 6.13. The van der Waals surface area contributed by atoms with Crippen LogP contribution in [0.3, 0.4) is 0 Å². The Bertz CT molecular complexity index is 925. The van der Waals surface area contributed by atoms with Gasteiger partial charge in [-0.15, -0.1) is 0 Å². The lowest BCUT2D eigenvalue weighted by molar-refractivity contribution is -0.221. The molecule has 4 unspecified atom stereocenters. The quantitative estimate of drug-likeness (QED) is 0.641. The molecule has 0 saturated heterocycles. The van der Waals surface area contributed by atoms with Gasteiger partial charge in [-0.1, -0.05) is 31.5 Å². The maximum atomic E-state index is 13.1. The molecule has 1 aromatic carbocycles. The fourth-order valence-corrected chi connectivity index (χ4v) is 8.79. The second-order valence-electron chi connectivity index (χ2n) is 11.9. The van der Waals surface area contributed by atoms with Crippen molar-refractivity contribution in [2.45, 2.75) is 83.8 Å². The van der Waals surface area contributed by atoms with Crippen molar-refractivity contribution in [1.82, 2.24) is 0 Å². The van der Waals surface area contributed by atoms with Crippen LogP contribution in [0.15, 0.2) is 30.3 Å². The molecule has 4 aliphatic carbocycles. The van der Waals surface area contributed by atoms with E-state index in [9.17, 15) is 19.8 Å². The predicted molar refractivity (Wildman–Crippen MR) is 120 cm³/mol. The highest BCUT2D eigenvalue weighted by molar-refractivity contribution is 5.89. The number of rotatable bonds is 3. The second-order valence-corrected chi connectivity index (χ2v) is 11.9. The number of esters is 1. The van der Waals surface area contributed by atoms with E-state index in [1.165, 1.54) is 0 Å². The zero-order valence-corrected chi connectivity index (χ0v) is 19.5. The molecule has 2 bridgehead atoms. The van der Waals surface area contributed by atoms with E-state index in [2.05, 4.69) is 6.92 Å². The van der Waals surface area contributed by atoms with Gasteiger partial charge in [0.15, 0.2) is 0 Å². The summed E-state index contributed by atoms with van der Waals surface area (Å²) in [4.78, 5) is 25.7. The highest BCUT2D eigenvalue weighted by Gasteiger charge is 2.72. The highest BCUT2D eigenvalue weighted by atomic mass is 16.5. The number of fused-ring (bicyclic) bond motifs is 2. The van der Waals surface area contributed by atoms with Crippen LogP contribution < -0.4 is 0 Å². The topological polar surface area (TPSA) is 83.8 Å². The van der Waals surface area contributed by atoms with E-state index in [0.29, 0.717) is 24.3 Å². The second kappa shape index (κ2) is 7.06. The Hall–Kier alpha value is -1.88. The summed E-state index contributed by atoms with van der Waals surface area (Å²) in [5.74, 6) is -0.777. The Morgan fingerprint density at radius 3 is 2.38 bits per heavy atom. The number of carbonyl (C=O) groups excluding carboxylic acids is 1. The van der Waals surface area contributed by atoms with Gasteiger partial charge in [0.2, 0.25) is 0 Å². The third-order valence-electron chi connectivity index (χ3n) is 10.5. The summed E-state index contributed by atoms with van der Waals surface area (Å²) in [6, 6.07) is 9.01. The summed E-state index contributed by atoms with van der Waals surface area (Å²) in [5.41, 5.74) is -1.27. The number of hydrogen-bond acceptors (Lipinski definition) is 4. The predicted octanol–water partition coefficient (Wildman–Crippen LogP) is 5.07. The summed E-state index contributed by atoms with van der Waals surface area (Å²) < 4.78 is 6.20. The molecule has 2 N–H and O–H groups in total. The molecule has 8 atom stereocenters. The Morgan fingerprint density at radius 2 is 1.69 bits per heavy atom. The molecule has 4 fully saturated rings. The van der Waals surface area contributed by atoms with Crippen LogP contribution in [0.1, 0.15) is 82.5 Å². The summed E-state index contributed by atoms with van der Waals surface area (Å²) >= 11 is 0. The van der Waals surface area contributed by atoms with Crippen molar-refractivity contribution < 1.29 is 24.5 Å². The van der Waals surface area contributed by atoms with Crippen LogP contribution in [-0.4, -0.2) is 33.9 Å². The standard InChI is InChI=1S/C27H36O5/c1-24(23(29)30)10-7-11-25(2)21(24)20(32-22(28)17-8-5-4-6-9-17)15-18-14-19-16-27(18,25)13-12-26(19,3)31/h4-6,8-9,18-21,31H,7,10-16H2,1-3H3,(H,29,30)/t18?,19?,20-,21?,24-,25+,26-,27?/m1/s1. The van der Waals surface area contributed by atoms with Gasteiger partial charge in [-0.25, -0.2) is 4.79 Å². The maximum absolute atomic E-state index is 13.1. The number of carboxylic acids is 1. The maximum Gasteiger partial charge on any atom is 0.338 e. The van der Waals surface area contributed by atoms with Crippen molar-refractivity contribution >= 4 is 11.9 Å². The number of carboxylic acid groups (broad SMARTS) is 1. The molecule has 32 heavy (non-hydrogen) atoms. The lowest BCUT2D eigenvalue weighted by atomic mass is 9.38. The van der Waals surface area contributed by atoms with Crippen LogP contribution in [0.2, 0.25) is 0 Å². The van der Waals surface area contributed by atoms with Crippen LogP contribution in [0.4, 0.5) is 0 Å². The number of carbonyl (C=O) groups is 2. The van der Waals surface area contributed by atoms with Gasteiger partial charge in [-0.2, -0.15) is 0 Å². The Kier molecular flexibility index (Phi) is 4.84. The molecule has 5 heteroatoms. The van der Waals surface area contributed by atoms with Crippen LogP contribution in [0.25, 0.3) is 0 Å². The first-order chi connectivity index (χ1) is 15.0. The average Bonchev–Trinajstić information content (AvgIpc) is 3.09. The normalized spacial score (nSPS) is 47.2. The monoisotopic (exact) mass is 440 g/mol. The Labute approximate surface area is 190 Å². The van der Waals surface area contributed by atoms with Gasteiger partial charge in [-0.05, 0) is 93.6 Å². The van der Waals surface area contributed by atoms with Crippen LogP contribution >= 0.6 is 0 Å². The first kappa shape index (κ1) is 21.9. The average molecular weight is 441 g/mol. The summed E-state index contributed by atoms with van der Waals surface area (Å²) in [7, 11) is 0. The molecule has 0 radical (unpaired) electrons. The first-order valence-corrected chi connectivity index (χ1v) is 12.3. The van der Waals surface area contributed by atoms with Gasteiger partial charge in [0.1, 0.15) is 6.10 Å². The van der Waals surface area contributed by atoms with Crippen molar-refractivity contribution in [3.63, 3.8) is 0 Å². The molecular formula is C27H36O5. The Morgan fingerprint density at radius 1 is 0.969 bits per heavy atom. The van der Waals surface area contributed by atoms with E-state index >= 15 is 0 Å². The molecule has 174 valence electrons. The first-order valence-electron chi connectivity index (χ1n) is 12.3. The summed E-state index contributed by atoms with van der Waals surface area (Å²) in [6.07, 6.45) is 6.35. The molecule has 4 saturated carbocycles. The highest BCUT2D eigenvalue weighted by Crippen LogP contribution is 2.75. The molecule has 0 aliphatic heterocycles. The molecule has 5 nitrogen and oxygen atoms in total. The van der Waals surface area contributed by atoms with E-state index in [-0.39, 0.29) is 28.6 Å². The van der Waals surface area contributed by atoms with Crippen molar-refractivity contribution in [3.05, 3.63) is 35.9 Å². The van der Waals surface area contributed by atoms with Crippen molar-refractivity contribution in [1.29, 1.82) is 0 Å². The van der Waals surface area contributed by atoms with Crippen molar-refractivity contribution in [3.8, 4) is 0 Å². The molecule has 5 rings (SSSR count). The van der Waals surface area contributed by atoms with Crippen LogP contribution in [0.5, 0.6) is 0 Å². The number of hydrogen-bond donors (Lipinski definition) is 2. The smallest absolute Gasteiger partial charge is 0.338 e. The van der Waals surface area contributed by atoms with Gasteiger partial charge in [0, 0.05) is 5.92 Å². The SMILES string of the molecule is C[C@@]1(C(=O)O)CCC[C@@]2(C)C1[C@H](OC(=O)c1ccccc1)CC1CC3CC12CC[C@@]3(C)O. The van der Waals surface area contributed by atoms with Crippen LogP contribution in [-0.2, 0) is 9.53 Å². The van der Waals surface area contributed by atoms with Crippen molar-refractivity contribution in [2.24, 2.45) is 34.0 Å². The lowest BCUT2D eigenvalue weighted by Crippen LogP contribution is -2.65. The zero-order chi connectivity index (χ0) is 22.9. The minimum absolute atomic E-state index is 0.0252. The van der Waals surface area contributed by atoms with Gasteiger partial charge in [0.25, 0.3) is 0 Å². The molecule has 4 aliphatic rings. The minimum atomic E-state index is -0.924. The molecule has 1 aromatic rings. The number of aliphatic hydroxyl groups is 1. The number of benzene rings is 1. The van der Waals surface area contributed by atoms with E-state index in [1.807, 2.05) is 32.0 Å². The van der Waals surface area contributed by atoms with Gasteiger partial charge in [0.05, 0.1) is 16.6 Å². The van der Waals surface area contributed by atoms with Gasteiger partial charge in [-0.3, -0.25) is 4.79 Å². The summed E-state index contributed by atoms with van der Waals surface area (Å²) in [5, 5.41) is 21.4. The fourth-order valence-electron chi connectivity index (χ4n) is 8.79. The van der Waals surface area contributed by atoms with E-state index in [1.54, 1.807) is 12.1 Å². The van der Waals surface area contributed by atoms with Gasteiger partial charge >= 0.3 is 11.9 Å². The van der Waals surface area contributed by atoms with E-state index in [4.69, 9.17) is 4.74 Å². The third kappa shape index (κ3) is 2.85. The molecule has 1 spiro atoms. The van der Waals surface area contributed by atoms with Gasteiger partial charge < -0.3 is 14.9 Å². The molecular weight excluding hydrogens is 404 g/mol. The largest absolute Gasteiger partial charge is 0.481 e. The van der Waals surface area contributed by atoms with E-state index < -0.39 is 23.1 Å². The van der Waals surface area contributed by atoms with Crippen LogP contribution in [0, 0.1) is 34.0 Å². The minimum Gasteiger partial charge on any atom is -0.481 e. The fraction of sp³-hybridized carbons (Fsp3) is 0.704.